The molecule has 1 aliphatic rings. The molecule has 0 aromatic carbocycles. The highest BCUT2D eigenvalue weighted by Crippen LogP contribution is 2.08. The quantitative estimate of drug-likeness (QED) is 0.167. The fraction of sp³-hybridized carbons (Fsp3) is 0.800. The molecular weight excluding hydrogens is 454 g/mol. The van der Waals surface area contributed by atoms with E-state index in [2.05, 4.69) is 0 Å². The number of nitrogens with zero attached hydrogens (tertiary/aromatic N) is 4. The number of carbonyl (C=O) groups is 4. The van der Waals surface area contributed by atoms with E-state index in [1.165, 1.54) is 0 Å². The van der Waals surface area contributed by atoms with Gasteiger partial charge in [-0.3, -0.25) is 38.8 Å². The van der Waals surface area contributed by atoms with E-state index in [0.717, 1.165) is 0 Å². The van der Waals surface area contributed by atoms with E-state index in [1.807, 2.05) is 0 Å². The van der Waals surface area contributed by atoms with Crippen LogP contribution in [0.4, 0.5) is 0 Å². The van der Waals surface area contributed by atoms with Gasteiger partial charge in [0.05, 0.1) is 32.8 Å². The number of nitrogens with two attached hydrogens (primary N) is 1. The first-order valence-electron chi connectivity index (χ1n) is 11.2. The SMILES string of the molecule is NCCCOCC1CN(CC(=O)O)CCN(CC(=O)O)CCN(CC(=O)O)CCN1CC(=O)O. The summed E-state index contributed by atoms with van der Waals surface area (Å²) >= 11 is 0. The first-order chi connectivity index (χ1) is 16.1. The molecule has 1 saturated heterocycles. The van der Waals surface area contributed by atoms with Crippen molar-refractivity contribution in [1.82, 2.24) is 19.6 Å². The molecule has 34 heavy (non-hydrogen) atoms. The molecule has 0 spiro atoms. The zero-order chi connectivity index (χ0) is 25.5. The number of aliphatic carboxylic acids is 4. The van der Waals surface area contributed by atoms with E-state index in [9.17, 15) is 39.6 Å². The van der Waals surface area contributed by atoms with Crippen molar-refractivity contribution in [2.24, 2.45) is 5.73 Å². The van der Waals surface area contributed by atoms with Crippen LogP contribution >= 0.6 is 0 Å². The molecule has 0 aromatic heterocycles. The Balaban J connectivity index is 3.17. The van der Waals surface area contributed by atoms with Gasteiger partial charge >= 0.3 is 23.9 Å². The molecule has 1 rings (SSSR count). The van der Waals surface area contributed by atoms with Crippen molar-refractivity contribution in [3.05, 3.63) is 0 Å². The highest BCUT2D eigenvalue weighted by molar-refractivity contribution is 5.70. The minimum Gasteiger partial charge on any atom is -0.480 e. The van der Waals surface area contributed by atoms with Gasteiger partial charge in [-0.05, 0) is 13.0 Å². The van der Waals surface area contributed by atoms with Crippen molar-refractivity contribution < 1.29 is 44.3 Å². The molecule has 1 atom stereocenters. The fourth-order valence-electron chi connectivity index (χ4n) is 3.73. The van der Waals surface area contributed by atoms with Crippen molar-refractivity contribution in [3.8, 4) is 0 Å². The second kappa shape index (κ2) is 16.3. The molecule has 14 heteroatoms. The number of hydrogen-bond donors (Lipinski definition) is 5. The van der Waals surface area contributed by atoms with Gasteiger partial charge in [0.2, 0.25) is 0 Å². The lowest BCUT2D eigenvalue weighted by atomic mass is 10.2. The number of hydrogen-bond acceptors (Lipinski definition) is 10. The summed E-state index contributed by atoms with van der Waals surface area (Å²) in [5.41, 5.74) is 5.49. The van der Waals surface area contributed by atoms with Crippen LogP contribution in [0.3, 0.4) is 0 Å². The summed E-state index contributed by atoms with van der Waals surface area (Å²) in [5, 5.41) is 37.3. The van der Waals surface area contributed by atoms with Crippen LogP contribution in [-0.2, 0) is 23.9 Å². The third kappa shape index (κ3) is 13.4. The van der Waals surface area contributed by atoms with Crippen LogP contribution in [0.5, 0.6) is 0 Å². The molecule has 1 unspecified atom stereocenters. The Morgan fingerprint density at radius 2 is 1.15 bits per heavy atom. The molecule has 14 nitrogen and oxygen atoms in total. The molecule has 0 aliphatic carbocycles. The van der Waals surface area contributed by atoms with Gasteiger partial charge in [-0.1, -0.05) is 0 Å². The number of ether oxygens (including phenoxy) is 1. The molecule has 0 aromatic rings. The van der Waals surface area contributed by atoms with Crippen LogP contribution in [0, 0.1) is 0 Å². The fourth-order valence-corrected chi connectivity index (χ4v) is 3.73. The summed E-state index contributed by atoms with van der Waals surface area (Å²) in [6.07, 6.45) is 0.612. The molecule has 0 bridgehead atoms. The third-order valence-electron chi connectivity index (χ3n) is 5.37. The Kier molecular flexibility index (Phi) is 14.2. The normalized spacial score (nSPS) is 20.3. The topological polar surface area (TPSA) is 197 Å². The Labute approximate surface area is 198 Å². The third-order valence-corrected chi connectivity index (χ3v) is 5.37. The van der Waals surface area contributed by atoms with Gasteiger partial charge < -0.3 is 30.9 Å². The molecule has 1 heterocycles. The molecule has 6 N–H and O–H groups in total. The second-order valence-corrected chi connectivity index (χ2v) is 8.20. The Morgan fingerprint density at radius 1 is 0.706 bits per heavy atom. The van der Waals surface area contributed by atoms with Crippen LogP contribution in [-0.4, -0.2) is 162 Å². The summed E-state index contributed by atoms with van der Waals surface area (Å²) in [7, 11) is 0. The van der Waals surface area contributed by atoms with E-state index in [-0.39, 0.29) is 78.6 Å². The van der Waals surface area contributed by atoms with Gasteiger partial charge in [-0.25, -0.2) is 0 Å². The first kappa shape index (κ1) is 29.7. The van der Waals surface area contributed by atoms with Crippen LogP contribution in [0.25, 0.3) is 0 Å². The van der Waals surface area contributed by atoms with Crippen molar-refractivity contribution >= 4 is 23.9 Å². The largest absolute Gasteiger partial charge is 0.480 e. The number of carboxylic acid groups (broad SMARTS) is 4. The van der Waals surface area contributed by atoms with E-state index in [0.29, 0.717) is 19.6 Å². The second-order valence-electron chi connectivity index (χ2n) is 8.20. The van der Waals surface area contributed by atoms with Crippen LogP contribution < -0.4 is 5.73 Å². The predicted molar refractivity (Wildman–Crippen MR) is 120 cm³/mol. The number of carboxylic acids is 4. The van der Waals surface area contributed by atoms with E-state index < -0.39 is 29.9 Å². The Bertz CT molecular complexity index is 666. The highest BCUT2D eigenvalue weighted by atomic mass is 16.5. The lowest BCUT2D eigenvalue weighted by Gasteiger charge is -2.37. The maximum atomic E-state index is 11.6. The monoisotopic (exact) mass is 491 g/mol. The van der Waals surface area contributed by atoms with E-state index in [4.69, 9.17) is 10.5 Å². The maximum absolute atomic E-state index is 11.6. The van der Waals surface area contributed by atoms with Crippen molar-refractivity contribution in [1.29, 1.82) is 0 Å². The molecule has 1 aliphatic heterocycles. The average Bonchev–Trinajstić information content (AvgIpc) is 2.72. The van der Waals surface area contributed by atoms with Gasteiger partial charge in [0.25, 0.3) is 0 Å². The smallest absolute Gasteiger partial charge is 0.317 e. The Morgan fingerprint density at radius 3 is 1.62 bits per heavy atom. The summed E-state index contributed by atoms with van der Waals surface area (Å²) in [6, 6.07) is -0.479. The van der Waals surface area contributed by atoms with Crippen LogP contribution in [0.15, 0.2) is 0 Å². The minimum absolute atomic E-state index is 0.140. The maximum Gasteiger partial charge on any atom is 0.317 e. The molecule has 0 amide bonds. The first-order valence-corrected chi connectivity index (χ1v) is 11.2. The van der Waals surface area contributed by atoms with Crippen LogP contribution in [0.1, 0.15) is 6.42 Å². The van der Waals surface area contributed by atoms with E-state index in [1.54, 1.807) is 19.6 Å². The predicted octanol–water partition coefficient (Wildman–Crippen LogP) is -2.72. The standard InChI is InChI=1S/C20H37N5O9/c21-2-1-9-34-15-16-10-24(13-19(30)31)6-5-22(11-17(26)27)3-4-23(12-18(28)29)7-8-25(16)14-20(32)33/h16H,1-15,21H2,(H,26,27)(H,28,29)(H,30,31)(H,32,33). The zero-order valence-corrected chi connectivity index (χ0v) is 19.4. The molecule has 0 radical (unpaired) electrons. The van der Waals surface area contributed by atoms with Crippen molar-refractivity contribution in [3.63, 3.8) is 0 Å². The average molecular weight is 492 g/mol. The summed E-state index contributed by atoms with van der Waals surface area (Å²) in [4.78, 5) is 52.2. The van der Waals surface area contributed by atoms with E-state index >= 15 is 0 Å². The summed E-state index contributed by atoms with van der Waals surface area (Å²) < 4.78 is 5.68. The van der Waals surface area contributed by atoms with Gasteiger partial charge in [-0.2, -0.15) is 0 Å². The van der Waals surface area contributed by atoms with Gasteiger partial charge in [0.1, 0.15) is 0 Å². The molecule has 1 fully saturated rings. The molecular formula is C20H37N5O9. The lowest BCUT2D eigenvalue weighted by molar-refractivity contribution is -0.142. The number of rotatable bonds is 13. The lowest BCUT2D eigenvalue weighted by Crippen LogP contribution is -2.54. The van der Waals surface area contributed by atoms with Crippen LogP contribution in [0.2, 0.25) is 0 Å². The highest BCUT2D eigenvalue weighted by Gasteiger charge is 2.27. The Hall–Kier alpha value is -2.36. The molecule has 196 valence electrons. The van der Waals surface area contributed by atoms with Crippen molar-refractivity contribution in [2.45, 2.75) is 12.5 Å². The van der Waals surface area contributed by atoms with Gasteiger partial charge in [-0.15, -0.1) is 0 Å². The summed E-state index contributed by atoms with van der Waals surface area (Å²) in [5.74, 6) is -4.21. The summed E-state index contributed by atoms with van der Waals surface area (Å²) in [6.45, 7) is 1.42. The minimum atomic E-state index is -1.07. The zero-order valence-electron chi connectivity index (χ0n) is 19.4. The van der Waals surface area contributed by atoms with Crippen molar-refractivity contribution in [2.75, 3.05) is 91.8 Å². The molecule has 0 saturated carbocycles. The van der Waals surface area contributed by atoms with Gasteiger partial charge in [0.15, 0.2) is 0 Å². The van der Waals surface area contributed by atoms with Gasteiger partial charge in [0, 0.05) is 58.5 Å².